The number of aromatic nitrogens is 1. The molecule has 98 valence electrons. The Kier molecular flexibility index (Phi) is 3.22. The van der Waals surface area contributed by atoms with Gasteiger partial charge in [-0.3, -0.25) is 4.98 Å². The van der Waals surface area contributed by atoms with Crippen molar-refractivity contribution in [3.05, 3.63) is 28.0 Å². The van der Waals surface area contributed by atoms with Crippen molar-refractivity contribution >= 4 is 22.0 Å². The number of hydrogen-bond acceptors (Lipinski definition) is 2. The largest absolute Gasteiger partial charge is 0.465 e. The number of halogens is 4. The second-order valence-electron chi connectivity index (χ2n) is 3.97. The molecule has 1 fully saturated rings. The van der Waals surface area contributed by atoms with Gasteiger partial charge >= 0.3 is 12.3 Å². The molecule has 8 heteroatoms. The van der Waals surface area contributed by atoms with Crippen LogP contribution in [0, 0.1) is 0 Å². The molecule has 1 amide bonds. The standard InChI is InChI=1S/C10H8BrF3N2O2/c11-7-1-6(10(12,13)14)2-15-8(7)5-3-16(4-5)9(17)18/h1-2,5H,3-4H2,(H,17,18). The van der Waals surface area contributed by atoms with Crippen molar-refractivity contribution in [2.45, 2.75) is 12.1 Å². The van der Waals surface area contributed by atoms with Gasteiger partial charge in [-0.05, 0) is 22.0 Å². The van der Waals surface area contributed by atoms with Crippen LogP contribution in [0.4, 0.5) is 18.0 Å². The Bertz CT molecular complexity index is 487. The molecule has 18 heavy (non-hydrogen) atoms. The molecule has 0 bridgehead atoms. The van der Waals surface area contributed by atoms with Crippen molar-refractivity contribution in [2.75, 3.05) is 13.1 Å². The summed E-state index contributed by atoms with van der Waals surface area (Å²) in [5.74, 6) is -0.155. The number of likely N-dealkylation sites (tertiary alicyclic amines) is 1. The number of carboxylic acid groups (broad SMARTS) is 1. The van der Waals surface area contributed by atoms with Crippen LogP contribution in [-0.4, -0.2) is 34.2 Å². The van der Waals surface area contributed by atoms with E-state index in [4.69, 9.17) is 5.11 Å². The molecule has 2 rings (SSSR count). The van der Waals surface area contributed by atoms with Crippen LogP contribution in [0.25, 0.3) is 0 Å². The summed E-state index contributed by atoms with van der Waals surface area (Å²) in [4.78, 5) is 15.5. The maximum atomic E-state index is 12.4. The van der Waals surface area contributed by atoms with E-state index in [0.29, 0.717) is 5.69 Å². The molecular weight excluding hydrogens is 317 g/mol. The molecule has 1 aliphatic rings. The molecule has 0 radical (unpaired) electrons. The topological polar surface area (TPSA) is 53.4 Å². The molecule has 4 nitrogen and oxygen atoms in total. The number of carbonyl (C=O) groups is 1. The minimum Gasteiger partial charge on any atom is -0.465 e. The number of hydrogen-bond donors (Lipinski definition) is 1. The van der Waals surface area contributed by atoms with E-state index in [-0.39, 0.29) is 23.5 Å². The molecule has 2 heterocycles. The Hall–Kier alpha value is -1.31. The molecule has 0 aromatic carbocycles. The predicted molar refractivity (Wildman–Crippen MR) is 59.3 cm³/mol. The minimum atomic E-state index is -4.43. The first-order chi connectivity index (χ1) is 8.29. The smallest absolute Gasteiger partial charge is 0.417 e. The zero-order valence-corrected chi connectivity index (χ0v) is 10.5. The monoisotopic (exact) mass is 324 g/mol. The molecule has 1 aromatic rings. The molecule has 0 unspecified atom stereocenters. The summed E-state index contributed by atoms with van der Waals surface area (Å²) in [6, 6.07) is 0.964. The van der Waals surface area contributed by atoms with Gasteiger partial charge in [-0.25, -0.2) is 4.79 Å². The van der Waals surface area contributed by atoms with Crippen molar-refractivity contribution in [3.63, 3.8) is 0 Å². The van der Waals surface area contributed by atoms with Gasteiger partial charge in [0.05, 0.1) is 11.3 Å². The zero-order chi connectivity index (χ0) is 13.5. The van der Waals surface area contributed by atoms with Gasteiger partial charge in [0, 0.05) is 29.7 Å². The first-order valence-electron chi connectivity index (χ1n) is 4.99. The highest BCUT2D eigenvalue weighted by Gasteiger charge is 2.36. The number of nitrogens with zero attached hydrogens (tertiary/aromatic N) is 2. The van der Waals surface area contributed by atoms with E-state index in [1.54, 1.807) is 0 Å². The Morgan fingerprint density at radius 3 is 2.56 bits per heavy atom. The molecule has 1 aliphatic heterocycles. The maximum absolute atomic E-state index is 12.4. The highest BCUT2D eigenvalue weighted by molar-refractivity contribution is 9.10. The summed E-state index contributed by atoms with van der Waals surface area (Å²) in [6.07, 6.45) is -4.70. The van der Waals surface area contributed by atoms with E-state index in [1.165, 1.54) is 4.90 Å². The first-order valence-corrected chi connectivity index (χ1v) is 5.79. The van der Waals surface area contributed by atoms with Gasteiger partial charge in [0.1, 0.15) is 0 Å². The summed E-state index contributed by atoms with van der Waals surface area (Å²) in [7, 11) is 0. The predicted octanol–water partition coefficient (Wildman–Crippen LogP) is 2.94. The third kappa shape index (κ3) is 2.43. The summed E-state index contributed by atoms with van der Waals surface area (Å²) in [6.45, 7) is 0.512. The van der Waals surface area contributed by atoms with Crippen molar-refractivity contribution in [3.8, 4) is 0 Å². The summed E-state index contributed by atoms with van der Waals surface area (Å²) >= 11 is 3.04. The Morgan fingerprint density at radius 1 is 1.50 bits per heavy atom. The van der Waals surface area contributed by atoms with E-state index >= 15 is 0 Å². The van der Waals surface area contributed by atoms with Gasteiger partial charge in [0.25, 0.3) is 0 Å². The fourth-order valence-corrected chi connectivity index (χ4v) is 2.38. The lowest BCUT2D eigenvalue weighted by atomic mass is 9.96. The van der Waals surface area contributed by atoms with Crippen LogP contribution < -0.4 is 0 Å². The highest BCUT2D eigenvalue weighted by Crippen LogP contribution is 2.35. The lowest BCUT2D eigenvalue weighted by Crippen LogP contribution is -2.48. The normalized spacial score (nSPS) is 16.6. The van der Waals surface area contributed by atoms with Crippen LogP contribution in [0.1, 0.15) is 17.2 Å². The Labute approximate surface area is 109 Å². The van der Waals surface area contributed by atoms with Crippen molar-refractivity contribution in [2.24, 2.45) is 0 Å². The van der Waals surface area contributed by atoms with E-state index in [9.17, 15) is 18.0 Å². The van der Waals surface area contributed by atoms with Crippen LogP contribution in [0.2, 0.25) is 0 Å². The average Bonchev–Trinajstić information content (AvgIpc) is 2.15. The Balaban J connectivity index is 2.15. The van der Waals surface area contributed by atoms with Crippen LogP contribution >= 0.6 is 15.9 Å². The van der Waals surface area contributed by atoms with Crippen LogP contribution in [0.5, 0.6) is 0 Å². The maximum Gasteiger partial charge on any atom is 0.417 e. The summed E-state index contributed by atoms with van der Waals surface area (Å²) < 4.78 is 37.5. The van der Waals surface area contributed by atoms with Gasteiger partial charge in [0.2, 0.25) is 0 Å². The van der Waals surface area contributed by atoms with Gasteiger partial charge in [0.15, 0.2) is 0 Å². The summed E-state index contributed by atoms with van der Waals surface area (Å²) in [5.41, 5.74) is -0.368. The van der Waals surface area contributed by atoms with Crippen molar-refractivity contribution in [1.29, 1.82) is 0 Å². The first kappa shape index (κ1) is 13.1. The lowest BCUT2D eigenvalue weighted by Gasteiger charge is -2.37. The molecule has 0 saturated carbocycles. The van der Waals surface area contributed by atoms with E-state index < -0.39 is 17.8 Å². The number of amides is 1. The lowest BCUT2D eigenvalue weighted by molar-refractivity contribution is -0.137. The average molecular weight is 325 g/mol. The van der Waals surface area contributed by atoms with Crippen LogP contribution in [0.3, 0.4) is 0 Å². The minimum absolute atomic E-state index is 0.155. The molecule has 1 aromatic heterocycles. The van der Waals surface area contributed by atoms with Gasteiger partial charge in [-0.15, -0.1) is 0 Å². The van der Waals surface area contributed by atoms with Crippen LogP contribution in [-0.2, 0) is 6.18 Å². The summed E-state index contributed by atoms with van der Waals surface area (Å²) in [5, 5.41) is 8.66. The van der Waals surface area contributed by atoms with Gasteiger partial charge < -0.3 is 10.0 Å². The zero-order valence-electron chi connectivity index (χ0n) is 8.91. The molecule has 0 atom stereocenters. The van der Waals surface area contributed by atoms with Crippen molar-refractivity contribution < 1.29 is 23.1 Å². The number of alkyl halides is 3. The third-order valence-corrected chi connectivity index (χ3v) is 3.37. The van der Waals surface area contributed by atoms with Crippen LogP contribution in [0.15, 0.2) is 16.7 Å². The van der Waals surface area contributed by atoms with Gasteiger partial charge in [-0.2, -0.15) is 13.2 Å². The molecule has 1 saturated heterocycles. The van der Waals surface area contributed by atoms with E-state index in [1.807, 2.05) is 0 Å². The second-order valence-corrected chi connectivity index (χ2v) is 4.83. The molecular formula is C10H8BrF3N2O2. The third-order valence-electron chi connectivity index (χ3n) is 2.74. The molecule has 1 N–H and O–H groups in total. The number of rotatable bonds is 1. The fraction of sp³-hybridized carbons (Fsp3) is 0.400. The van der Waals surface area contributed by atoms with E-state index in [2.05, 4.69) is 20.9 Å². The SMILES string of the molecule is O=C(O)N1CC(c2ncc(C(F)(F)F)cc2Br)C1. The quantitative estimate of drug-likeness (QED) is 0.864. The Morgan fingerprint density at radius 2 is 2.11 bits per heavy atom. The second kappa shape index (κ2) is 4.42. The number of pyridine rings is 1. The molecule has 0 spiro atoms. The van der Waals surface area contributed by atoms with Gasteiger partial charge in [-0.1, -0.05) is 0 Å². The molecule has 0 aliphatic carbocycles. The fourth-order valence-electron chi connectivity index (χ4n) is 1.71. The highest BCUT2D eigenvalue weighted by atomic mass is 79.9. The van der Waals surface area contributed by atoms with Crippen molar-refractivity contribution in [1.82, 2.24) is 9.88 Å². The van der Waals surface area contributed by atoms with E-state index in [0.717, 1.165) is 12.3 Å².